The fourth-order valence-corrected chi connectivity index (χ4v) is 3.87. The molecule has 2 N–H and O–H groups in total. The fraction of sp³-hybridized carbons (Fsp3) is 0.158. The van der Waals surface area contributed by atoms with Gasteiger partial charge in [0.15, 0.2) is 0 Å². The zero-order valence-electron chi connectivity index (χ0n) is 12.9. The normalized spacial score (nSPS) is 14.3. The number of aromatic nitrogens is 2. The van der Waals surface area contributed by atoms with Crippen LogP contribution in [-0.4, -0.2) is 21.9 Å². The van der Waals surface area contributed by atoms with Crippen molar-refractivity contribution in [2.24, 2.45) is 0 Å². The van der Waals surface area contributed by atoms with Crippen LogP contribution in [0.5, 0.6) is 0 Å². The van der Waals surface area contributed by atoms with Gasteiger partial charge in [-0.3, -0.25) is 4.79 Å². The molecule has 0 unspecified atom stereocenters. The number of fused-ring (bicyclic) bond motifs is 2. The first-order valence-corrected chi connectivity index (χ1v) is 8.87. The molecule has 4 nitrogen and oxygen atoms in total. The minimum absolute atomic E-state index is 0.0168. The molecule has 5 heteroatoms. The van der Waals surface area contributed by atoms with Gasteiger partial charge in [-0.25, -0.2) is 4.98 Å². The highest BCUT2D eigenvalue weighted by Gasteiger charge is 2.24. The average Bonchev–Trinajstić information content (AvgIpc) is 3.13. The number of hydrogen-bond donors (Lipinski definition) is 2. The first-order chi connectivity index (χ1) is 11.8. The van der Waals surface area contributed by atoms with Gasteiger partial charge in [-0.1, -0.05) is 0 Å². The van der Waals surface area contributed by atoms with Gasteiger partial charge < -0.3 is 10.3 Å². The van der Waals surface area contributed by atoms with E-state index < -0.39 is 0 Å². The van der Waals surface area contributed by atoms with Gasteiger partial charge in [0.05, 0.1) is 10.2 Å². The number of rotatable bonds is 3. The molecule has 0 atom stereocenters. The van der Waals surface area contributed by atoms with Gasteiger partial charge in [0.2, 0.25) is 0 Å². The van der Waals surface area contributed by atoms with Crippen molar-refractivity contribution in [1.29, 1.82) is 0 Å². The Balaban J connectivity index is 1.53. The van der Waals surface area contributed by atoms with E-state index >= 15 is 0 Å². The standard InChI is InChI=1S/C19H15N3OS/c23-18(21-14-3-4-14)12-1-6-16-17(10-12)24-19(22-16)13-2-5-15-11(9-13)7-8-20-15/h1-2,5-10,14,20H,3-4H2,(H,21,23). The molecule has 1 aliphatic carbocycles. The second-order valence-corrected chi connectivity index (χ2v) is 7.26. The summed E-state index contributed by atoms with van der Waals surface area (Å²) in [5.74, 6) is 0.0168. The lowest BCUT2D eigenvalue weighted by molar-refractivity contribution is 0.0951. The summed E-state index contributed by atoms with van der Waals surface area (Å²) < 4.78 is 1.04. The molecule has 1 saturated carbocycles. The van der Waals surface area contributed by atoms with E-state index in [1.165, 1.54) is 5.39 Å². The third-order valence-corrected chi connectivity index (χ3v) is 5.43. The number of nitrogens with zero attached hydrogens (tertiary/aromatic N) is 1. The van der Waals surface area contributed by atoms with E-state index in [0.717, 1.165) is 39.1 Å². The number of carbonyl (C=O) groups excluding carboxylic acids is 1. The number of aromatic amines is 1. The monoisotopic (exact) mass is 333 g/mol. The van der Waals surface area contributed by atoms with Crippen molar-refractivity contribution in [3.8, 4) is 10.6 Å². The lowest BCUT2D eigenvalue weighted by Crippen LogP contribution is -2.25. The minimum Gasteiger partial charge on any atom is -0.361 e. The van der Waals surface area contributed by atoms with E-state index in [9.17, 15) is 4.79 Å². The summed E-state index contributed by atoms with van der Waals surface area (Å²) in [6.07, 6.45) is 4.14. The first kappa shape index (κ1) is 13.7. The molecule has 0 aliphatic heterocycles. The summed E-state index contributed by atoms with van der Waals surface area (Å²) >= 11 is 1.63. The molecule has 1 amide bonds. The quantitative estimate of drug-likeness (QED) is 0.586. The summed E-state index contributed by atoms with van der Waals surface area (Å²) in [6.45, 7) is 0. The van der Waals surface area contributed by atoms with Crippen molar-refractivity contribution in [2.45, 2.75) is 18.9 Å². The van der Waals surface area contributed by atoms with Crippen LogP contribution in [0.4, 0.5) is 0 Å². The highest BCUT2D eigenvalue weighted by molar-refractivity contribution is 7.21. The molecule has 2 aromatic carbocycles. The number of carbonyl (C=O) groups is 1. The molecule has 0 spiro atoms. The predicted molar refractivity (Wildman–Crippen MR) is 97.4 cm³/mol. The van der Waals surface area contributed by atoms with E-state index in [4.69, 9.17) is 4.98 Å². The van der Waals surface area contributed by atoms with Crippen molar-refractivity contribution in [2.75, 3.05) is 0 Å². The number of benzene rings is 2. The average molecular weight is 333 g/mol. The molecule has 1 aliphatic rings. The number of hydrogen-bond acceptors (Lipinski definition) is 3. The summed E-state index contributed by atoms with van der Waals surface area (Å²) in [5, 5.41) is 5.19. The molecular formula is C19H15N3OS. The highest BCUT2D eigenvalue weighted by Crippen LogP contribution is 2.32. The van der Waals surface area contributed by atoms with Crippen LogP contribution in [-0.2, 0) is 0 Å². The second kappa shape index (κ2) is 5.18. The summed E-state index contributed by atoms with van der Waals surface area (Å²) in [7, 11) is 0. The third kappa shape index (κ3) is 2.37. The molecule has 5 rings (SSSR count). The van der Waals surface area contributed by atoms with Crippen molar-refractivity contribution >= 4 is 38.4 Å². The minimum atomic E-state index is 0.0168. The number of H-pyrrole nitrogens is 1. The Bertz CT molecular complexity index is 1070. The Kier molecular flexibility index (Phi) is 2.97. The van der Waals surface area contributed by atoms with Crippen LogP contribution in [0, 0.1) is 0 Å². The van der Waals surface area contributed by atoms with Crippen molar-refractivity contribution < 1.29 is 4.79 Å². The fourth-order valence-electron chi connectivity index (χ4n) is 2.87. The first-order valence-electron chi connectivity index (χ1n) is 8.05. The Hall–Kier alpha value is -2.66. The molecule has 118 valence electrons. The van der Waals surface area contributed by atoms with Crippen LogP contribution in [0.15, 0.2) is 48.7 Å². The number of amides is 1. The van der Waals surface area contributed by atoms with Crippen LogP contribution in [0.1, 0.15) is 23.2 Å². The maximum absolute atomic E-state index is 12.2. The maximum Gasteiger partial charge on any atom is 0.251 e. The molecule has 2 heterocycles. The van der Waals surface area contributed by atoms with Crippen LogP contribution >= 0.6 is 11.3 Å². The molecule has 24 heavy (non-hydrogen) atoms. The summed E-state index contributed by atoms with van der Waals surface area (Å²) in [6, 6.07) is 14.5. The molecule has 0 radical (unpaired) electrons. The maximum atomic E-state index is 12.2. The lowest BCUT2D eigenvalue weighted by atomic mass is 10.1. The van der Waals surface area contributed by atoms with Crippen molar-refractivity contribution in [1.82, 2.24) is 15.3 Å². The zero-order chi connectivity index (χ0) is 16.1. The Labute approximate surface area is 142 Å². The summed E-state index contributed by atoms with van der Waals surface area (Å²) in [5.41, 5.74) is 3.88. The topological polar surface area (TPSA) is 57.8 Å². The van der Waals surface area contributed by atoms with E-state index in [1.807, 2.05) is 24.4 Å². The zero-order valence-corrected chi connectivity index (χ0v) is 13.7. The second-order valence-electron chi connectivity index (χ2n) is 6.23. The molecular weight excluding hydrogens is 318 g/mol. The van der Waals surface area contributed by atoms with Crippen molar-refractivity contribution in [3.63, 3.8) is 0 Å². The highest BCUT2D eigenvalue weighted by atomic mass is 32.1. The van der Waals surface area contributed by atoms with Gasteiger partial charge in [0, 0.05) is 34.3 Å². The Morgan fingerprint density at radius 3 is 2.96 bits per heavy atom. The third-order valence-electron chi connectivity index (χ3n) is 4.36. The van der Waals surface area contributed by atoms with E-state index in [0.29, 0.717) is 11.6 Å². The molecule has 0 saturated heterocycles. The Morgan fingerprint density at radius 1 is 1.17 bits per heavy atom. The smallest absolute Gasteiger partial charge is 0.251 e. The predicted octanol–water partition coefficient (Wildman–Crippen LogP) is 4.34. The van der Waals surface area contributed by atoms with Crippen LogP contribution in [0.3, 0.4) is 0 Å². The Morgan fingerprint density at radius 2 is 2.08 bits per heavy atom. The van der Waals surface area contributed by atoms with Crippen LogP contribution in [0.25, 0.3) is 31.7 Å². The van der Waals surface area contributed by atoms with Gasteiger partial charge in [0.25, 0.3) is 5.91 Å². The van der Waals surface area contributed by atoms with Crippen molar-refractivity contribution in [3.05, 3.63) is 54.2 Å². The SMILES string of the molecule is O=C(NC1CC1)c1ccc2nc(-c3ccc4[nH]ccc4c3)sc2c1. The largest absolute Gasteiger partial charge is 0.361 e. The molecule has 0 bridgehead atoms. The molecule has 2 aromatic heterocycles. The van der Waals surface area contributed by atoms with Gasteiger partial charge in [0.1, 0.15) is 5.01 Å². The van der Waals surface area contributed by atoms with Gasteiger partial charge in [-0.2, -0.15) is 0 Å². The van der Waals surface area contributed by atoms with E-state index in [2.05, 4.69) is 34.6 Å². The van der Waals surface area contributed by atoms with Crippen LogP contribution < -0.4 is 5.32 Å². The van der Waals surface area contributed by atoms with Crippen LogP contribution in [0.2, 0.25) is 0 Å². The molecule has 1 fully saturated rings. The number of nitrogens with one attached hydrogen (secondary N) is 2. The van der Waals surface area contributed by atoms with Gasteiger partial charge >= 0.3 is 0 Å². The summed E-state index contributed by atoms with van der Waals surface area (Å²) in [4.78, 5) is 20.1. The lowest BCUT2D eigenvalue weighted by Gasteiger charge is -2.02. The molecule has 4 aromatic rings. The van der Waals surface area contributed by atoms with Gasteiger partial charge in [-0.05, 0) is 55.3 Å². The number of thiazole rings is 1. The van der Waals surface area contributed by atoms with E-state index in [-0.39, 0.29) is 5.91 Å². The van der Waals surface area contributed by atoms with E-state index in [1.54, 1.807) is 11.3 Å². The van der Waals surface area contributed by atoms with Gasteiger partial charge in [-0.15, -0.1) is 11.3 Å².